The fourth-order valence-electron chi connectivity index (χ4n) is 3.70. The number of H-pyrrole nitrogens is 1. The predicted octanol–water partition coefficient (Wildman–Crippen LogP) is 2.87. The fraction of sp³-hybridized carbons (Fsp3) is 0.318. The van der Waals surface area contributed by atoms with Crippen LogP contribution in [-0.2, 0) is 6.54 Å². The number of hydrogen-bond acceptors (Lipinski definition) is 5. The molecule has 2 aromatic heterocycles. The highest BCUT2D eigenvalue weighted by molar-refractivity contribution is 5.31. The Balaban J connectivity index is 1.38. The highest BCUT2D eigenvalue weighted by Crippen LogP contribution is 2.24. The summed E-state index contributed by atoms with van der Waals surface area (Å²) in [6.07, 6.45) is 6.97. The minimum absolute atomic E-state index is 0.111. The summed E-state index contributed by atoms with van der Waals surface area (Å²) < 4.78 is 7.54. The molecule has 0 amide bonds. The molecule has 0 spiro atoms. The number of hydrogen-bond donors (Lipinski definition) is 1. The first-order valence-electron chi connectivity index (χ1n) is 9.80. The number of nitrogens with one attached hydrogen (secondary N) is 1. The molecule has 1 fully saturated rings. The van der Waals surface area contributed by atoms with Crippen molar-refractivity contribution >= 4 is 0 Å². The quantitative estimate of drug-likeness (QED) is 0.722. The molecule has 3 aromatic rings. The molecular weight excluding hydrogens is 368 g/mol. The lowest BCUT2D eigenvalue weighted by molar-refractivity contribution is 0.176. The van der Waals surface area contributed by atoms with Gasteiger partial charge in [-0.15, -0.1) is 0 Å². The maximum atomic E-state index is 12.1. The third kappa shape index (κ3) is 4.63. The van der Waals surface area contributed by atoms with Crippen molar-refractivity contribution in [2.24, 2.45) is 0 Å². The van der Waals surface area contributed by atoms with Crippen molar-refractivity contribution < 1.29 is 4.74 Å². The number of nitrogens with zero attached hydrogens (tertiary/aromatic N) is 3. The van der Waals surface area contributed by atoms with E-state index in [1.54, 1.807) is 23.9 Å². The second-order valence-corrected chi connectivity index (χ2v) is 7.43. The second kappa shape index (κ2) is 8.45. The number of aromatic nitrogens is 3. The molecule has 7 nitrogen and oxygen atoms in total. The minimum atomic E-state index is -0.325. The highest BCUT2D eigenvalue weighted by atomic mass is 16.5. The number of likely N-dealkylation sites (tertiary alicyclic amines) is 1. The molecule has 0 unspecified atom stereocenters. The van der Waals surface area contributed by atoms with E-state index in [1.165, 1.54) is 0 Å². The van der Waals surface area contributed by atoms with Gasteiger partial charge in [-0.2, -0.15) is 0 Å². The topological polar surface area (TPSA) is 80.2 Å². The zero-order valence-corrected chi connectivity index (χ0v) is 16.4. The van der Waals surface area contributed by atoms with Crippen LogP contribution in [0.4, 0.5) is 0 Å². The van der Waals surface area contributed by atoms with Gasteiger partial charge in [0.05, 0.1) is 6.20 Å². The number of ether oxygens (including phenoxy) is 1. The van der Waals surface area contributed by atoms with Crippen LogP contribution in [0.25, 0.3) is 0 Å². The van der Waals surface area contributed by atoms with Crippen LogP contribution in [0.2, 0.25) is 0 Å². The Labute approximate surface area is 168 Å². The Morgan fingerprint density at radius 2 is 1.86 bits per heavy atom. The van der Waals surface area contributed by atoms with Crippen LogP contribution >= 0.6 is 0 Å². The molecule has 0 radical (unpaired) electrons. The molecule has 0 saturated carbocycles. The van der Waals surface area contributed by atoms with Crippen LogP contribution in [0.1, 0.15) is 30.0 Å². The van der Waals surface area contributed by atoms with E-state index in [0.29, 0.717) is 5.56 Å². The summed E-state index contributed by atoms with van der Waals surface area (Å²) in [5, 5.41) is 0. The van der Waals surface area contributed by atoms with E-state index in [1.807, 2.05) is 42.6 Å². The van der Waals surface area contributed by atoms with Gasteiger partial charge in [0.25, 0.3) is 5.56 Å². The molecule has 1 N–H and O–H groups in total. The van der Waals surface area contributed by atoms with E-state index >= 15 is 0 Å². The highest BCUT2D eigenvalue weighted by Gasteiger charge is 2.22. The second-order valence-electron chi connectivity index (χ2n) is 7.43. The lowest BCUT2D eigenvalue weighted by atomic mass is 10.0. The predicted molar refractivity (Wildman–Crippen MR) is 110 cm³/mol. The number of para-hydroxylation sites is 1. The van der Waals surface area contributed by atoms with Gasteiger partial charge in [0, 0.05) is 43.6 Å². The van der Waals surface area contributed by atoms with E-state index in [2.05, 4.69) is 14.9 Å². The van der Waals surface area contributed by atoms with Gasteiger partial charge in [-0.05, 0) is 43.5 Å². The first-order chi connectivity index (χ1) is 14.1. The van der Waals surface area contributed by atoms with Crippen LogP contribution in [0.3, 0.4) is 0 Å². The summed E-state index contributed by atoms with van der Waals surface area (Å²) in [5.41, 5.74) is 1.02. The van der Waals surface area contributed by atoms with Crippen LogP contribution in [0, 0.1) is 6.92 Å². The Morgan fingerprint density at radius 1 is 1.10 bits per heavy atom. The lowest BCUT2D eigenvalue weighted by Gasteiger charge is -2.32. The molecule has 150 valence electrons. The third-order valence-corrected chi connectivity index (χ3v) is 5.25. The van der Waals surface area contributed by atoms with Crippen molar-refractivity contribution in [1.29, 1.82) is 0 Å². The van der Waals surface area contributed by atoms with Crippen molar-refractivity contribution in [1.82, 2.24) is 19.4 Å². The summed E-state index contributed by atoms with van der Waals surface area (Å²) in [4.78, 5) is 32.8. The largest absolute Gasteiger partial charge is 0.456 e. The average molecular weight is 392 g/mol. The normalized spacial score (nSPS) is 15.3. The molecule has 1 aliphatic heterocycles. The molecule has 1 saturated heterocycles. The van der Waals surface area contributed by atoms with Gasteiger partial charge in [-0.25, -0.2) is 4.79 Å². The summed E-state index contributed by atoms with van der Waals surface area (Å²) in [6.45, 7) is 4.25. The standard InChI is InChI=1S/C22H24N4O3/c1-16-14-26(22(28)24-21(16)27)18-7-9-25(10-8-18)15-17-11-20(13-23-12-17)29-19-5-3-2-4-6-19/h2-6,11-14,18H,7-10,15H2,1H3,(H,24,27,28). The zero-order chi connectivity index (χ0) is 20.2. The molecule has 0 bridgehead atoms. The summed E-state index contributed by atoms with van der Waals surface area (Å²) in [6, 6.07) is 11.8. The Kier molecular flexibility index (Phi) is 5.57. The first-order valence-corrected chi connectivity index (χ1v) is 9.80. The number of pyridine rings is 1. The summed E-state index contributed by atoms with van der Waals surface area (Å²) in [7, 11) is 0. The maximum Gasteiger partial charge on any atom is 0.328 e. The Hall–Kier alpha value is -3.19. The van der Waals surface area contributed by atoms with Crippen molar-refractivity contribution in [3.05, 3.63) is 87.0 Å². The van der Waals surface area contributed by atoms with E-state index in [4.69, 9.17) is 4.74 Å². The van der Waals surface area contributed by atoms with Crippen LogP contribution in [0.15, 0.2) is 64.6 Å². The van der Waals surface area contributed by atoms with Crippen molar-refractivity contribution in [3.8, 4) is 11.5 Å². The van der Waals surface area contributed by atoms with Gasteiger partial charge >= 0.3 is 5.69 Å². The van der Waals surface area contributed by atoms with Crippen LogP contribution in [-0.4, -0.2) is 32.5 Å². The Morgan fingerprint density at radius 3 is 2.62 bits per heavy atom. The molecule has 1 aromatic carbocycles. The third-order valence-electron chi connectivity index (χ3n) is 5.25. The number of aromatic amines is 1. The molecule has 7 heteroatoms. The van der Waals surface area contributed by atoms with Crippen molar-refractivity contribution in [2.75, 3.05) is 13.1 Å². The van der Waals surface area contributed by atoms with Crippen LogP contribution in [0.5, 0.6) is 11.5 Å². The number of aryl methyl sites for hydroxylation is 1. The van der Waals surface area contributed by atoms with Gasteiger partial charge in [0.2, 0.25) is 0 Å². The van der Waals surface area contributed by atoms with Gasteiger partial charge in [-0.1, -0.05) is 18.2 Å². The van der Waals surface area contributed by atoms with Gasteiger partial charge < -0.3 is 4.74 Å². The lowest BCUT2D eigenvalue weighted by Crippen LogP contribution is -2.39. The van der Waals surface area contributed by atoms with Crippen LogP contribution < -0.4 is 16.0 Å². The molecular formula is C22H24N4O3. The molecule has 0 atom stereocenters. The fourth-order valence-corrected chi connectivity index (χ4v) is 3.70. The Bertz CT molecular complexity index is 1080. The molecule has 29 heavy (non-hydrogen) atoms. The van der Waals surface area contributed by atoms with Gasteiger partial charge in [0.1, 0.15) is 11.5 Å². The minimum Gasteiger partial charge on any atom is -0.456 e. The number of benzene rings is 1. The first kappa shape index (κ1) is 19.1. The molecule has 1 aliphatic rings. The molecule has 0 aliphatic carbocycles. The van der Waals surface area contributed by atoms with Crippen molar-refractivity contribution in [2.45, 2.75) is 32.4 Å². The van der Waals surface area contributed by atoms with E-state index in [0.717, 1.165) is 49.5 Å². The molecule has 3 heterocycles. The van der Waals surface area contributed by atoms with Crippen molar-refractivity contribution in [3.63, 3.8) is 0 Å². The molecule has 4 rings (SSSR count). The van der Waals surface area contributed by atoms with E-state index in [9.17, 15) is 9.59 Å². The van der Waals surface area contributed by atoms with Gasteiger partial charge in [0.15, 0.2) is 0 Å². The van der Waals surface area contributed by atoms with Gasteiger partial charge in [-0.3, -0.25) is 24.2 Å². The zero-order valence-electron chi connectivity index (χ0n) is 16.4. The summed E-state index contributed by atoms with van der Waals surface area (Å²) >= 11 is 0. The SMILES string of the molecule is Cc1cn(C2CCN(Cc3cncc(Oc4ccccc4)c3)CC2)c(=O)[nH]c1=O. The van der Waals surface area contributed by atoms with E-state index < -0.39 is 0 Å². The maximum absolute atomic E-state index is 12.1. The smallest absolute Gasteiger partial charge is 0.328 e. The van der Waals surface area contributed by atoms with E-state index in [-0.39, 0.29) is 17.3 Å². The number of piperidine rings is 1. The monoisotopic (exact) mass is 392 g/mol. The summed E-state index contributed by atoms with van der Waals surface area (Å²) in [5.74, 6) is 1.51. The number of rotatable bonds is 5. The average Bonchev–Trinajstić information content (AvgIpc) is 2.72.